The number of likely N-dealkylation sites (tertiary alicyclic amines) is 2. The van der Waals surface area contributed by atoms with Gasteiger partial charge in [-0.05, 0) is 99.8 Å². The average molecular weight is 782 g/mol. The molecule has 3 aliphatic rings. The molecule has 3 saturated heterocycles. The number of benzene rings is 2. The fraction of sp³-hybridized carbons (Fsp3) is 0.535. The Balaban J connectivity index is 1.06. The summed E-state index contributed by atoms with van der Waals surface area (Å²) in [4.78, 5) is 74.2. The molecule has 4 aromatic rings. The molecule has 2 aromatic carbocycles. The summed E-state index contributed by atoms with van der Waals surface area (Å²) in [5.74, 6) is -1.51. The summed E-state index contributed by atoms with van der Waals surface area (Å²) in [6.45, 7) is 10.6. The summed E-state index contributed by atoms with van der Waals surface area (Å²) in [5.41, 5.74) is 3.91. The molecular weight excluding hydrogens is 727 g/mol. The van der Waals surface area contributed by atoms with Gasteiger partial charge in [0.1, 0.15) is 0 Å². The van der Waals surface area contributed by atoms with E-state index in [0.717, 1.165) is 66.4 Å². The maximum absolute atomic E-state index is 14.5. The molecule has 14 nitrogen and oxygen atoms in total. The number of hydrogen-bond acceptors (Lipinski definition) is 10. The number of piperazine rings is 1. The van der Waals surface area contributed by atoms with Gasteiger partial charge in [0.2, 0.25) is 11.8 Å². The van der Waals surface area contributed by atoms with Crippen LogP contribution in [0.2, 0.25) is 0 Å². The number of esters is 2. The van der Waals surface area contributed by atoms with Gasteiger partial charge in [0, 0.05) is 76.5 Å². The van der Waals surface area contributed by atoms with Gasteiger partial charge in [-0.1, -0.05) is 24.3 Å². The predicted octanol–water partition coefficient (Wildman–Crippen LogP) is 3.89. The van der Waals surface area contributed by atoms with E-state index in [1.54, 1.807) is 10.9 Å². The molecule has 14 heteroatoms. The zero-order valence-electron chi connectivity index (χ0n) is 33.7. The SMILES string of the molecule is CC(=O)OCn1ncc2cc(C[C@@H](CC(=O)N3CCC(c4cc5ccccc5n(COC(C)=O)c4=O)CC3)C(=O)N3CCN(C4CCN(C)CC4)CC3)cc(C)c21. The number of hydrogen-bond donors (Lipinski definition) is 0. The lowest BCUT2D eigenvalue weighted by Gasteiger charge is -2.43. The molecule has 3 fully saturated rings. The van der Waals surface area contributed by atoms with Crippen molar-refractivity contribution in [1.82, 2.24) is 33.9 Å². The molecule has 2 aromatic heterocycles. The Morgan fingerprint density at radius 1 is 0.807 bits per heavy atom. The first-order chi connectivity index (χ1) is 27.4. The third-order valence-electron chi connectivity index (χ3n) is 12.2. The molecule has 0 radical (unpaired) electrons. The minimum Gasteiger partial charge on any atom is -0.444 e. The largest absolute Gasteiger partial charge is 0.444 e. The van der Waals surface area contributed by atoms with E-state index in [0.29, 0.717) is 62.6 Å². The molecule has 5 heterocycles. The Kier molecular flexibility index (Phi) is 12.4. The third kappa shape index (κ3) is 9.23. The van der Waals surface area contributed by atoms with Crippen LogP contribution in [0, 0.1) is 12.8 Å². The highest BCUT2D eigenvalue weighted by Crippen LogP contribution is 2.30. The highest BCUT2D eigenvalue weighted by atomic mass is 16.5. The summed E-state index contributed by atoms with van der Waals surface area (Å²) >= 11 is 0. The molecule has 57 heavy (non-hydrogen) atoms. The van der Waals surface area contributed by atoms with Gasteiger partial charge in [0.15, 0.2) is 13.5 Å². The number of aromatic nitrogens is 3. The molecule has 3 aliphatic heterocycles. The molecule has 2 amide bonds. The van der Waals surface area contributed by atoms with Gasteiger partial charge in [-0.15, -0.1) is 0 Å². The van der Waals surface area contributed by atoms with E-state index in [2.05, 4.69) is 21.9 Å². The van der Waals surface area contributed by atoms with Crippen molar-refractivity contribution in [2.24, 2.45) is 5.92 Å². The third-order valence-corrected chi connectivity index (χ3v) is 12.2. The van der Waals surface area contributed by atoms with Crippen LogP contribution in [0.4, 0.5) is 0 Å². The van der Waals surface area contributed by atoms with Crippen LogP contribution in [0.1, 0.15) is 68.6 Å². The number of fused-ring (bicyclic) bond motifs is 2. The summed E-state index contributed by atoms with van der Waals surface area (Å²) in [5, 5.41) is 6.21. The fourth-order valence-corrected chi connectivity index (χ4v) is 9.06. The highest BCUT2D eigenvalue weighted by Gasteiger charge is 2.34. The van der Waals surface area contributed by atoms with Crippen molar-refractivity contribution in [3.63, 3.8) is 0 Å². The second-order valence-corrected chi connectivity index (χ2v) is 16.1. The zero-order valence-corrected chi connectivity index (χ0v) is 33.7. The normalized spacial score (nSPS) is 18.2. The van der Waals surface area contributed by atoms with Crippen molar-refractivity contribution in [1.29, 1.82) is 0 Å². The van der Waals surface area contributed by atoms with Crippen LogP contribution in [0.15, 0.2) is 53.5 Å². The lowest BCUT2D eigenvalue weighted by Crippen LogP contribution is -2.55. The van der Waals surface area contributed by atoms with Gasteiger partial charge in [0.05, 0.1) is 23.1 Å². The molecule has 0 spiro atoms. The number of ether oxygens (including phenoxy) is 2. The van der Waals surface area contributed by atoms with E-state index in [9.17, 15) is 24.0 Å². The second kappa shape index (κ2) is 17.6. The molecule has 0 N–H and O–H groups in total. The smallest absolute Gasteiger partial charge is 0.304 e. The van der Waals surface area contributed by atoms with Gasteiger partial charge in [-0.3, -0.25) is 33.4 Å². The van der Waals surface area contributed by atoms with Gasteiger partial charge in [-0.2, -0.15) is 5.10 Å². The average Bonchev–Trinajstić information content (AvgIpc) is 3.62. The van der Waals surface area contributed by atoms with Crippen LogP contribution in [0.25, 0.3) is 21.8 Å². The molecule has 1 atom stereocenters. The maximum Gasteiger partial charge on any atom is 0.304 e. The molecule has 0 bridgehead atoms. The number of piperidine rings is 2. The van der Waals surface area contributed by atoms with E-state index in [4.69, 9.17) is 9.47 Å². The number of nitrogens with zero attached hydrogens (tertiary/aromatic N) is 7. The van der Waals surface area contributed by atoms with Crippen molar-refractivity contribution >= 4 is 45.6 Å². The van der Waals surface area contributed by atoms with Crippen molar-refractivity contribution < 1.29 is 28.7 Å². The Morgan fingerprint density at radius 3 is 2.19 bits per heavy atom. The Morgan fingerprint density at radius 2 is 1.49 bits per heavy atom. The first-order valence-electron chi connectivity index (χ1n) is 20.3. The van der Waals surface area contributed by atoms with Crippen molar-refractivity contribution in [3.8, 4) is 0 Å². The summed E-state index contributed by atoms with van der Waals surface area (Å²) in [6.07, 6.45) is 5.74. The van der Waals surface area contributed by atoms with Crippen molar-refractivity contribution in [2.75, 3.05) is 59.4 Å². The van der Waals surface area contributed by atoms with Crippen LogP contribution in [-0.2, 0) is 48.5 Å². The molecule has 0 unspecified atom stereocenters. The molecule has 0 saturated carbocycles. The number of amides is 2. The number of para-hydroxylation sites is 1. The number of rotatable bonds is 11. The topological polar surface area (TPSA) is 140 Å². The van der Waals surface area contributed by atoms with Gasteiger partial charge in [0.25, 0.3) is 5.56 Å². The molecule has 304 valence electrons. The summed E-state index contributed by atoms with van der Waals surface area (Å²) in [6, 6.07) is 14.1. The lowest BCUT2D eigenvalue weighted by atomic mass is 9.88. The van der Waals surface area contributed by atoms with Crippen molar-refractivity contribution in [3.05, 3.63) is 75.7 Å². The Labute approximate surface area is 333 Å². The van der Waals surface area contributed by atoms with Gasteiger partial charge < -0.3 is 24.2 Å². The Hall–Kier alpha value is -5.08. The molecule has 0 aliphatic carbocycles. The van der Waals surface area contributed by atoms with E-state index in [1.807, 2.05) is 59.2 Å². The first-order valence-corrected chi connectivity index (χ1v) is 20.3. The highest BCUT2D eigenvalue weighted by molar-refractivity contribution is 5.87. The van der Waals surface area contributed by atoms with Crippen LogP contribution in [0.3, 0.4) is 0 Å². The first kappa shape index (κ1) is 40.1. The van der Waals surface area contributed by atoms with E-state index >= 15 is 0 Å². The maximum atomic E-state index is 14.5. The minimum absolute atomic E-state index is 0.00839. The number of pyridine rings is 1. The van der Waals surface area contributed by atoms with Crippen LogP contribution in [-0.4, -0.2) is 123 Å². The van der Waals surface area contributed by atoms with E-state index < -0.39 is 11.9 Å². The van der Waals surface area contributed by atoms with Gasteiger partial charge >= 0.3 is 11.9 Å². The van der Waals surface area contributed by atoms with E-state index in [-0.39, 0.29) is 49.1 Å². The summed E-state index contributed by atoms with van der Waals surface area (Å²) < 4.78 is 13.6. The minimum atomic E-state index is -0.549. The second-order valence-electron chi connectivity index (χ2n) is 16.1. The lowest BCUT2D eigenvalue weighted by molar-refractivity contribution is -0.145. The number of carbonyl (C=O) groups excluding carboxylic acids is 4. The van der Waals surface area contributed by atoms with E-state index in [1.165, 1.54) is 18.4 Å². The summed E-state index contributed by atoms with van der Waals surface area (Å²) in [7, 11) is 2.17. The zero-order chi connectivity index (χ0) is 40.2. The molecular formula is C43H55N7O7. The van der Waals surface area contributed by atoms with Crippen LogP contribution in [0.5, 0.6) is 0 Å². The van der Waals surface area contributed by atoms with Crippen LogP contribution < -0.4 is 5.56 Å². The monoisotopic (exact) mass is 781 g/mol. The van der Waals surface area contributed by atoms with Crippen molar-refractivity contribution in [2.45, 2.75) is 84.7 Å². The quantitative estimate of drug-likeness (QED) is 0.206. The number of aryl methyl sites for hydroxylation is 1. The van der Waals surface area contributed by atoms with Gasteiger partial charge in [-0.25, -0.2) is 4.68 Å². The fourth-order valence-electron chi connectivity index (χ4n) is 9.06. The Bertz CT molecular complexity index is 2170. The number of carbonyl (C=O) groups is 4. The molecule has 7 rings (SSSR count). The van der Waals surface area contributed by atoms with Crippen LogP contribution >= 0.6 is 0 Å². The predicted molar refractivity (Wildman–Crippen MR) is 215 cm³/mol. The standard InChI is InChI=1S/C43H55N7O7/c1-29-21-32(23-36-26-44-50(41(29)36)28-57-31(3)52)22-35(42(54)48-19-17-46(18-20-48)37-11-13-45(4)14-12-37)25-40(53)47-15-9-33(10-16-47)38-24-34-7-5-6-8-39(34)49(43(38)55)27-56-30(2)51/h5-8,21,23-24,26,33,35,37H,9-20,22,25,27-28H2,1-4H3/t35-/m0/s1.